The Labute approximate surface area is 239 Å². The number of rotatable bonds is 9. The summed E-state index contributed by atoms with van der Waals surface area (Å²) in [5, 5.41) is 1.82. The first kappa shape index (κ1) is 30.2. The molecule has 2 aromatic carbocycles. The van der Waals surface area contributed by atoms with E-state index in [4.69, 9.17) is 18.6 Å². The molecule has 0 spiro atoms. The number of aromatic amines is 1. The van der Waals surface area contributed by atoms with Gasteiger partial charge in [-0.2, -0.15) is 0 Å². The lowest BCUT2D eigenvalue weighted by Crippen LogP contribution is -2.67. The van der Waals surface area contributed by atoms with Crippen molar-refractivity contribution in [2.45, 2.75) is 58.1 Å². The van der Waals surface area contributed by atoms with Crippen molar-refractivity contribution >= 4 is 30.6 Å². The number of nitrogens with zero attached hydrogens (tertiary/aromatic N) is 1. The lowest BCUT2D eigenvalue weighted by atomic mass is 9.99. The molecule has 3 aromatic rings. The Morgan fingerprint density at radius 2 is 1.49 bits per heavy atom. The van der Waals surface area contributed by atoms with Gasteiger partial charge in [0.1, 0.15) is 6.61 Å². The van der Waals surface area contributed by atoms with Crippen LogP contribution in [-0.4, -0.2) is 55.2 Å². The standard InChI is InChI=1S/C30H36N2O8Si/c1-20(33)37-18-24-25(40-28(27(24)39-21(2)34)32-17-16-26(35)31-29(32)36)19-38-41(30(3,4)5,22-12-8-6-9-13-22)23-14-10-7-11-15-23/h6-17,24-25,27-28H,18-19H2,1-5H3,(H,31,35,36)/t24-,25-,27-,28-/m1/s1. The van der Waals surface area contributed by atoms with Crippen molar-refractivity contribution in [3.05, 3.63) is 93.8 Å². The van der Waals surface area contributed by atoms with Gasteiger partial charge in [-0.05, 0) is 15.4 Å². The van der Waals surface area contributed by atoms with E-state index in [2.05, 4.69) is 50.0 Å². The van der Waals surface area contributed by atoms with E-state index in [1.54, 1.807) is 0 Å². The van der Waals surface area contributed by atoms with E-state index in [9.17, 15) is 19.2 Å². The van der Waals surface area contributed by atoms with E-state index in [0.717, 1.165) is 10.4 Å². The van der Waals surface area contributed by atoms with Gasteiger partial charge in [-0.15, -0.1) is 0 Å². The lowest BCUT2D eigenvalue weighted by Gasteiger charge is -2.43. The molecule has 218 valence electrons. The zero-order chi connectivity index (χ0) is 29.8. The van der Waals surface area contributed by atoms with Crippen LogP contribution in [0, 0.1) is 5.92 Å². The molecular weight excluding hydrogens is 544 g/mol. The lowest BCUT2D eigenvalue weighted by molar-refractivity contribution is -0.155. The summed E-state index contributed by atoms with van der Waals surface area (Å²) in [5.41, 5.74) is -1.30. The van der Waals surface area contributed by atoms with Gasteiger partial charge in [-0.3, -0.25) is 23.9 Å². The zero-order valence-corrected chi connectivity index (χ0v) is 24.9. The number of hydrogen-bond donors (Lipinski definition) is 1. The second-order valence-corrected chi connectivity index (χ2v) is 15.4. The topological polar surface area (TPSA) is 126 Å². The summed E-state index contributed by atoms with van der Waals surface area (Å²) in [4.78, 5) is 50.7. The van der Waals surface area contributed by atoms with Crippen molar-refractivity contribution in [3.63, 3.8) is 0 Å². The molecule has 1 aliphatic rings. The van der Waals surface area contributed by atoms with Gasteiger partial charge >= 0.3 is 17.6 Å². The van der Waals surface area contributed by atoms with E-state index >= 15 is 0 Å². The maximum absolute atomic E-state index is 12.7. The van der Waals surface area contributed by atoms with Crippen molar-refractivity contribution in [1.29, 1.82) is 0 Å². The highest BCUT2D eigenvalue weighted by molar-refractivity contribution is 6.99. The molecule has 2 heterocycles. The number of esters is 2. The highest BCUT2D eigenvalue weighted by Crippen LogP contribution is 2.40. The Hall–Kier alpha value is -3.80. The van der Waals surface area contributed by atoms with Crippen LogP contribution in [0.25, 0.3) is 0 Å². The van der Waals surface area contributed by atoms with Crippen LogP contribution in [0.2, 0.25) is 5.04 Å². The first-order valence-corrected chi connectivity index (χ1v) is 15.4. The highest BCUT2D eigenvalue weighted by Gasteiger charge is 2.53. The second kappa shape index (κ2) is 12.4. The second-order valence-electron chi connectivity index (χ2n) is 11.1. The van der Waals surface area contributed by atoms with Crippen molar-refractivity contribution < 1.29 is 28.2 Å². The Kier molecular flexibility index (Phi) is 9.10. The van der Waals surface area contributed by atoms with Gasteiger partial charge in [0, 0.05) is 26.1 Å². The van der Waals surface area contributed by atoms with Gasteiger partial charge in [0.15, 0.2) is 12.3 Å². The van der Waals surface area contributed by atoms with Crippen LogP contribution in [0.15, 0.2) is 82.5 Å². The number of nitrogens with one attached hydrogen (secondary N) is 1. The molecule has 0 unspecified atom stereocenters. The number of benzene rings is 2. The number of carbonyl (C=O) groups excluding carboxylic acids is 2. The maximum atomic E-state index is 12.7. The van der Waals surface area contributed by atoms with Crippen LogP contribution >= 0.6 is 0 Å². The third-order valence-electron chi connectivity index (χ3n) is 7.28. The molecule has 0 aliphatic carbocycles. The average molecular weight is 581 g/mol. The number of aromatic nitrogens is 2. The smallest absolute Gasteiger partial charge is 0.330 e. The molecule has 1 aromatic heterocycles. The largest absolute Gasteiger partial charge is 0.465 e. The molecule has 1 fully saturated rings. The summed E-state index contributed by atoms with van der Waals surface area (Å²) in [6.45, 7) is 8.92. The van der Waals surface area contributed by atoms with Gasteiger partial charge < -0.3 is 18.6 Å². The number of hydrogen-bond acceptors (Lipinski definition) is 8. The van der Waals surface area contributed by atoms with E-state index in [1.165, 1.54) is 30.7 Å². The molecule has 4 atom stereocenters. The van der Waals surface area contributed by atoms with Gasteiger partial charge in [0.25, 0.3) is 13.9 Å². The molecule has 4 rings (SSSR count). The average Bonchev–Trinajstić information content (AvgIpc) is 3.24. The monoisotopic (exact) mass is 580 g/mol. The van der Waals surface area contributed by atoms with Gasteiger partial charge in [-0.25, -0.2) is 4.79 Å². The maximum Gasteiger partial charge on any atom is 0.330 e. The first-order valence-electron chi connectivity index (χ1n) is 13.5. The third-order valence-corrected chi connectivity index (χ3v) is 12.3. The predicted molar refractivity (Wildman–Crippen MR) is 154 cm³/mol. The van der Waals surface area contributed by atoms with Gasteiger partial charge in [-0.1, -0.05) is 81.4 Å². The Morgan fingerprint density at radius 3 is 1.98 bits per heavy atom. The molecule has 0 amide bonds. The van der Waals surface area contributed by atoms with Crippen LogP contribution < -0.4 is 21.6 Å². The van der Waals surface area contributed by atoms with Crippen LogP contribution in [0.1, 0.15) is 40.8 Å². The summed E-state index contributed by atoms with van der Waals surface area (Å²) in [6.07, 6.45) is -1.53. The quantitative estimate of drug-likeness (QED) is 0.301. The highest BCUT2D eigenvalue weighted by atomic mass is 28.4. The molecule has 10 nitrogen and oxygen atoms in total. The minimum atomic E-state index is -2.98. The Morgan fingerprint density at radius 1 is 0.902 bits per heavy atom. The van der Waals surface area contributed by atoms with Crippen molar-refractivity contribution in [2.75, 3.05) is 13.2 Å². The summed E-state index contributed by atoms with van der Waals surface area (Å²) in [6, 6.07) is 21.3. The predicted octanol–water partition coefficient (Wildman–Crippen LogP) is 2.12. The van der Waals surface area contributed by atoms with E-state index in [1.807, 2.05) is 36.4 Å². The minimum absolute atomic E-state index is 0.0611. The molecule has 41 heavy (non-hydrogen) atoms. The van der Waals surface area contributed by atoms with Crippen LogP contribution in [-0.2, 0) is 28.2 Å². The fourth-order valence-electron chi connectivity index (χ4n) is 5.52. The first-order chi connectivity index (χ1) is 19.4. The van der Waals surface area contributed by atoms with E-state index in [0.29, 0.717) is 0 Å². The molecule has 11 heteroatoms. The van der Waals surface area contributed by atoms with E-state index in [-0.39, 0.29) is 18.3 Å². The fraction of sp³-hybridized carbons (Fsp3) is 0.400. The van der Waals surface area contributed by atoms with Gasteiger partial charge in [0.05, 0.1) is 18.6 Å². The molecule has 0 bridgehead atoms. The molecule has 0 saturated carbocycles. The van der Waals surface area contributed by atoms with Gasteiger partial charge in [0.2, 0.25) is 0 Å². The normalized spacial score (nSPS) is 20.9. The van der Waals surface area contributed by atoms with Crippen molar-refractivity contribution in [3.8, 4) is 0 Å². The molecule has 1 saturated heterocycles. The Bertz CT molecular complexity index is 1430. The Balaban J connectivity index is 1.78. The summed E-state index contributed by atoms with van der Waals surface area (Å²) < 4.78 is 25.6. The van der Waals surface area contributed by atoms with Crippen LogP contribution in [0.4, 0.5) is 0 Å². The molecule has 0 radical (unpaired) electrons. The number of carbonyl (C=O) groups is 2. The summed E-state index contributed by atoms with van der Waals surface area (Å²) in [7, 11) is -2.98. The van der Waals surface area contributed by atoms with Crippen LogP contribution in [0.5, 0.6) is 0 Å². The fourth-order valence-corrected chi connectivity index (χ4v) is 10.1. The minimum Gasteiger partial charge on any atom is -0.465 e. The molecule has 1 aliphatic heterocycles. The molecular formula is C30H36N2O8Si. The summed E-state index contributed by atoms with van der Waals surface area (Å²) in [5.74, 6) is -1.77. The van der Waals surface area contributed by atoms with E-state index < -0.39 is 55.9 Å². The molecule has 1 N–H and O–H groups in total. The summed E-state index contributed by atoms with van der Waals surface area (Å²) >= 11 is 0. The number of ether oxygens (including phenoxy) is 3. The van der Waals surface area contributed by atoms with Crippen molar-refractivity contribution in [2.24, 2.45) is 5.92 Å². The third kappa shape index (κ3) is 6.42. The van der Waals surface area contributed by atoms with Crippen LogP contribution in [0.3, 0.4) is 0 Å². The zero-order valence-electron chi connectivity index (χ0n) is 23.9. The van der Waals surface area contributed by atoms with Crippen molar-refractivity contribution in [1.82, 2.24) is 9.55 Å². The SMILES string of the molecule is CC(=O)OC[C@H]1[C@@H](OC(C)=O)[C@H](n2ccc(=O)[nH]c2=O)O[C@@H]1CO[Si](c1ccccc1)(c1ccccc1)C(C)(C)C. The number of H-pyrrole nitrogens is 1.